The Morgan fingerprint density at radius 2 is 1.88 bits per heavy atom. The Hall–Kier alpha value is -0.610. The minimum absolute atomic E-state index is 0. The van der Waals surface area contributed by atoms with Crippen LogP contribution in [0.25, 0.3) is 0 Å². The molecular weight excluding hydrogens is 443 g/mol. The maximum atomic E-state index is 11.9. The lowest BCUT2D eigenvalue weighted by Gasteiger charge is -2.36. The number of halogens is 1. The lowest BCUT2D eigenvalue weighted by molar-refractivity contribution is -0.122. The second kappa shape index (κ2) is 12.7. The van der Waals surface area contributed by atoms with Crippen molar-refractivity contribution in [2.75, 3.05) is 66.5 Å². The summed E-state index contributed by atoms with van der Waals surface area (Å²) in [6, 6.07) is 0.451. The van der Waals surface area contributed by atoms with Crippen LogP contribution in [0.1, 0.15) is 32.6 Å². The summed E-state index contributed by atoms with van der Waals surface area (Å²) in [5, 5.41) is 6.54. The number of nitrogens with zero attached hydrogens (tertiary/aromatic N) is 4. The molecule has 2 rings (SSSR count). The van der Waals surface area contributed by atoms with Gasteiger partial charge in [0, 0.05) is 52.4 Å². The predicted molar refractivity (Wildman–Crippen MR) is 118 cm³/mol. The van der Waals surface area contributed by atoms with Crippen LogP contribution in [0.3, 0.4) is 0 Å². The van der Waals surface area contributed by atoms with Crippen LogP contribution in [-0.2, 0) is 4.79 Å². The lowest BCUT2D eigenvalue weighted by Crippen LogP contribution is -2.54. The van der Waals surface area contributed by atoms with Crippen LogP contribution in [0.15, 0.2) is 4.99 Å². The molecule has 0 radical (unpaired) electrons. The molecule has 0 aromatic rings. The molecule has 7 nitrogen and oxygen atoms in total. The summed E-state index contributed by atoms with van der Waals surface area (Å²) in [6.45, 7) is 9.51. The first-order chi connectivity index (χ1) is 12.1. The maximum Gasteiger partial charge on any atom is 0.234 e. The number of rotatable bonds is 9. The predicted octanol–water partition coefficient (Wildman–Crippen LogP) is 0.808. The molecule has 1 saturated carbocycles. The average Bonchev–Trinajstić information content (AvgIpc) is 3.41. The van der Waals surface area contributed by atoms with Gasteiger partial charge in [-0.05, 0) is 32.9 Å². The molecule has 1 heterocycles. The highest BCUT2D eigenvalue weighted by Crippen LogP contribution is 2.18. The van der Waals surface area contributed by atoms with Crippen molar-refractivity contribution in [2.24, 2.45) is 4.99 Å². The summed E-state index contributed by atoms with van der Waals surface area (Å²) in [6.07, 6.45) is 4.79. The molecule has 1 aliphatic carbocycles. The van der Waals surface area contributed by atoms with E-state index >= 15 is 0 Å². The van der Waals surface area contributed by atoms with Crippen LogP contribution >= 0.6 is 24.0 Å². The fourth-order valence-electron chi connectivity index (χ4n) is 3.05. The molecule has 1 saturated heterocycles. The Labute approximate surface area is 176 Å². The van der Waals surface area contributed by atoms with Crippen LogP contribution in [-0.4, -0.2) is 99.1 Å². The number of hydrogen-bond acceptors (Lipinski definition) is 4. The van der Waals surface area contributed by atoms with Gasteiger partial charge in [0.1, 0.15) is 0 Å². The molecule has 0 bridgehead atoms. The number of amides is 1. The van der Waals surface area contributed by atoms with Crippen molar-refractivity contribution in [3.8, 4) is 0 Å². The van der Waals surface area contributed by atoms with E-state index in [-0.39, 0.29) is 29.9 Å². The van der Waals surface area contributed by atoms with Gasteiger partial charge in [0.25, 0.3) is 0 Å². The number of carbonyl (C=O) groups excluding carboxylic acids is 1. The molecule has 1 amide bonds. The summed E-state index contributed by atoms with van der Waals surface area (Å²) in [5.74, 6) is 1.15. The van der Waals surface area contributed by atoms with Crippen molar-refractivity contribution in [1.82, 2.24) is 25.3 Å². The molecule has 2 fully saturated rings. The van der Waals surface area contributed by atoms with Crippen molar-refractivity contribution >= 4 is 35.8 Å². The molecule has 2 aliphatic rings. The van der Waals surface area contributed by atoms with Gasteiger partial charge in [-0.1, -0.05) is 13.3 Å². The zero-order valence-electron chi connectivity index (χ0n) is 16.7. The third-order valence-electron chi connectivity index (χ3n) is 4.86. The van der Waals surface area contributed by atoms with Crippen LogP contribution in [0.4, 0.5) is 0 Å². The molecule has 26 heavy (non-hydrogen) atoms. The molecule has 0 aromatic heterocycles. The Bertz CT molecular complexity index is 435. The number of unbranched alkanes of at least 4 members (excludes halogenated alkanes) is 1. The molecule has 2 N–H and O–H groups in total. The summed E-state index contributed by atoms with van der Waals surface area (Å²) >= 11 is 0. The van der Waals surface area contributed by atoms with Crippen molar-refractivity contribution in [1.29, 1.82) is 0 Å². The van der Waals surface area contributed by atoms with Crippen molar-refractivity contribution in [3.63, 3.8) is 0 Å². The highest BCUT2D eigenvalue weighted by atomic mass is 127. The molecule has 1 aliphatic heterocycles. The smallest absolute Gasteiger partial charge is 0.234 e. The summed E-state index contributed by atoms with van der Waals surface area (Å²) in [7, 11) is 4.02. The van der Waals surface area contributed by atoms with E-state index in [4.69, 9.17) is 0 Å². The number of likely N-dealkylation sites (N-methyl/N-ethyl adjacent to an activating group) is 1. The fourth-order valence-corrected chi connectivity index (χ4v) is 3.05. The number of aliphatic imine (C=N–C) groups is 1. The topological polar surface area (TPSA) is 63.2 Å². The van der Waals surface area contributed by atoms with Gasteiger partial charge in [0.15, 0.2) is 5.96 Å². The molecule has 0 atom stereocenters. The zero-order chi connectivity index (χ0) is 18.1. The van der Waals surface area contributed by atoms with Gasteiger partial charge >= 0.3 is 0 Å². The quantitative estimate of drug-likeness (QED) is 0.291. The summed E-state index contributed by atoms with van der Waals surface area (Å²) in [5.41, 5.74) is 0. The highest BCUT2D eigenvalue weighted by molar-refractivity contribution is 14.0. The van der Waals surface area contributed by atoms with Gasteiger partial charge in [-0.15, -0.1) is 24.0 Å². The number of piperazine rings is 1. The Morgan fingerprint density at radius 1 is 1.19 bits per heavy atom. The van der Waals surface area contributed by atoms with Gasteiger partial charge in [-0.2, -0.15) is 0 Å². The van der Waals surface area contributed by atoms with Crippen molar-refractivity contribution in [3.05, 3.63) is 0 Å². The van der Waals surface area contributed by atoms with E-state index in [1.807, 2.05) is 7.05 Å². The second-order valence-corrected chi connectivity index (χ2v) is 7.24. The standard InChI is InChI=1S/C18H36N6O.HI/c1-4-5-9-22(3)10-8-20-18(19-2)24-13-11-23(12-14-24)15-17(25)21-16-6-7-16;/h16H,4-15H2,1-3H3,(H,19,20)(H,21,25);1H. The number of carbonyl (C=O) groups is 1. The zero-order valence-corrected chi connectivity index (χ0v) is 19.0. The Kier molecular flexibility index (Phi) is 11.5. The first-order valence-electron chi connectivity index (χ1n) is 9.78. The molecule has 8 heteroatoms. The third-order valence-corrected chi connectivity index (χ3v) is 4.86. The average molecular weight is 480 g/mol. The Balaban J connectivity index is 0.00000338. The fraction of sp³-hybridized carbons (Fsp3) is 0.889. The van der Waals surface area contributed by atoms with E-state index in [1.54, 1.807) is 0 Å². The normalized spacial score (nSPS) is 18.6. The lowest BCUT2D eigenvalue weighted by atomic mass is 10.3. The van der Waals surface area contributed by atoms with E-state index in [9.17, 15) is 4.79 Å². The van der Waals surface area contributed by atoms with E-state index in [2.05, 4.69) is 44.3 Å². The van der Waals surface area contributed by atoms with E-state index in [0.29, 0.717) is 12.6 Å². The minimum atomic E-state index is 0. The first-order valence-corrected chi connectivity index (χ1v) is 9.78. The molecule has 0 aromatic carbocycles. The van der Waals surface area contributed by atoms with Crippen LogP contribution in [0.5, 0.6) is 0 Å². The summed E-state index contributed by atoms with van der Waals surface area (Å²) in [4.78, 5) is 23.2. The largest absolute Gasteiger partial charge is 0.355 e. The molecule has 0 unspecified atom stereocenters. The van der Waals surface area contributed by atoms with Crippen LogP contribution in [0, 0.1) is 0 Å². The van der Waals surface area contributed by atoms with Gasteiger partial charge < -0.3 is 20.4 Å². The Morgan fingerprint density at radius 3 is 2.46 bits per heavy atom. The molecule has 0 spiro atoms. The molecule has 152 valence electrons. The van der Waals surface area contributed by atoms with Crippen LogP contribution in [0.2, 0.25) is 0 Å². The number of guanidine groups is 1. The maximum absolute atomic E-state index is 11.9. The van der Waals surface area contributed by atoms with E-state index < -0.39 is 0 Å². The van der Waals surface area contributed by atoms with Crippen molar-refractivity contribution < 1.29 is 4.79 Å². The minimum Gasteiger partial charge on any atom is -0.355 e. The highest BCUT2D eigenvalue weighted by Gasteiger charge is 2.25. The molecular formula is C18H37IN6O. The van der Waals surface area contributed by atoms with Crippen LogP contribution < -0.4 is 10.6 Å². The van der Waals surface area contributed by atoms with Gasteiger partial charge in [-0.25, -0.2) is 0 Å². The van der Waals surface area contributed by atoms with Gasteiger partial charge in [0.2, 0.25) is 5.91 Å². The van der Waals surface area contributed by atoms with Gasteiger partial charge in [-0.3, -0.25) is 14.7 Å². The number of nitrogens with one attached hydrogen (secondary N) is 2. The SMILES string of the molecule is CCCCN(C)CCNC(=NC)N1CCN(CC(=O)NC2CC2)CC1.I. The first kappa shape index (κ1) is 23.4. The monoisotopic (exact) mass is 480 g/mol. The number of hydrogen-bond donors (Lipinski definition) is 2. The summed E-state index contributed by atoms with van der Waals surface area (Å²) < 4.78 is 0. The third kappa shape index (κ3) is 8.85. The van der Waals surface area contributed by atoms with E-state index in [1.165, 1.54) is 12.8 Å². The second-order valence-electron chi connectivity index (χ2n) is 7.24. The van der Waals surface area contributed by atoms with E-state index in [0.717, 1.165) is 64.6 Å². The van der Waals surface area contributed by atoms with Crippen molar-refractivity contribution in [2.45, 2.75) is 38.6 Å². The van der Waals surface area contributed by atoms with Gasteiger partial charge in [0.05, 0.1) is 6.54 Å².